The number of aromatic nitrogens is 2. The molecule has 1 atom stereocenters. The van der Waals surface area contributed by atoms with Gasteiger partial charge < -0.3 is 10.3 Å². The Hall–Kier alpha value is -1.20. The first-order valence-corrected chi connectivity index (χ1v) is 6.25. The second-order valence-electron chi connectivity index (χ2n) is 3.89. The molecular weight excluding hydrogens is 282 g/mol. The molecule has 2 aromatic rings. The second kappa shape index (κ2) is 4.98. The first kappa shape index (κ1) is 12.3. The largest absolute Gasteiger partial charge is 0.339 e. The van der Waals surface area contributed by atoms with Gasteiger partial charge in [0.05, 0.1) is 6.04 Å². The first-order chi connectivity index (χ1) is 8.11. The lowest BCUT2D eigenvalue weighted by molar-refractivity contribution is 0.375. The summed E-state index contributed by atoms with van der Waals surface area (Å²) in [6.07, 6.45) is 0.721. The summed E-state index contributed by atoms with van der Waals surface area (Å²) in [5.41, 5.74) is 8.22. The van der Waals surface area contributed by atoms with Gasteiger partial charge in [-0.2, -0.15) is 4.98 Å². The van der Waals surface area contributed by atoms with Crippen LogP contribution < -0.4 is 5.73 Å². The van der Waals surface area contributed by atoms with E-state index < -0.39 is 0 Å². The van der Waals surface area contributed by atoms with Crippen molar-refractivity contribution in [3.8, 4) is 0 Å². The van der Waals surface area contributed by atoms with Crippen LogP contribution in [0.5, 0.6) is 0 Å². The number of hydrogen-bond acceptors (Lipinski definition) is 4. The van der Waals surface area contributed by atoms with E-state index in [9.17, 15) is 0 Å². The highest BCUT2D eigenvalue weighted by atomic mass is 79.9. The topological polar surface area (TPSA) is 64.9 Å². The quantitative estimate of drug-likeness (QED) is 0.946. The molecule has 1 aromatic heterocycles. The maximum Gasteiger partial charge on any atom is 0.226 e. The molecule has 4 nitrogen and oxygen atoms in total. The van der Waals surface area contributed by atoms with E-state index >= 15 is 0 Å². The van der Waals surface area contributed by atoms with Gasteiger partial charge in [0, 0.05) is 10.9 Å². The molecule has 0 amide bonds. The lowest BCUT2D eigenvalue weighted by Crippen LogP contribution is -2.13. The maximum absolute atomic E-state index is 6.10. The molecule has 1 unspecified atom stereocenters. The zero-order chi connectivity index (χ0) is 12.4. The monoisotopic (exact) mass is 295 g/mol. The van der Waals surface area contributed by atoms with Crippen molar-refractivity contribution in [3.63, 3.8) is 0 Å². The molecule has 2 rings (SSSR count). The normalized spacial score (nSPS) is 12.7. The summed E-state index contributed by atoms with van der Waals surface area (Å²) in [5.74, 6) is 1.15. The van der Waals surface area contributed by atoms with E-state index in [0.717, 1.165) is 22.0 Å². The Bertz CT molecular complexity index is 524. The standard InChI is InChI=1S/C12H14BrN3O/c1-3-10-15-12(16-17-10)11(14)8-4-5-9(13)7(2)6-8/h4-6,11H,3,14H2,1-2H3. The zero-order valence-corrected chi connectivity index (χ0v) is 11.4. The first-order valence-electron chi connectivity index (χ1n) is 5.46. The van der Waals surface area contributed by atoms with Crippen LogP contribution in [0.15, 0.2) is 27.2 Å². The minimum atomic E-state index is -0.342. The summed E-state index contributed by atoms with van der Waals surface area (Å²) < 4.78 is 6.13. The highest BCUT2D eigenvalue weighted by molar-refractivity contribution is 9.10. The summed E-state index contributed by atoms with van der Waals surface area (Å²) in [7, 11) is 0. The van der Waals surface area contributed by atoms with Gasteiger partial charge in [0.15, 0.2) is 5.82 Å². The van der Waals surface area contributed by atoms with Gasteiger partial charge in [0.1, 0.15) is 0 Å². The molecule has 0 saturated heterocycles. The van der Waals surface area contributed by atoms with Gasteiger partial charge in [-0.1, -0.05) is 40.1 Å². The predicted molar refractivity (Wildman–Crippen MR) is 68.6 cm³/mol. The van der Waals surface area contributed by atoms with E-state index in [0.29, 0.717) is 11.7 Å². The lowest BCUT2D eigenvalue weighted by atomic mass is 10.0. The van der Waals surface area contributed by atoms with Crippen LogP contribution in [0.25, 0.3) is 0 Å². The summed E-state index contributed by atoms with van der Waals surface area (Å²) in [6.45, 7) is 3.99. The minimum Gasteiger partial charge on any atom is -0.339 e. The molecule has 0 aliphatic rings. The van der Waals surface area contributed by atoms with Crippen LogP contribution in [0.1, 0.15) is 35.8 Å². The Morgan fingerprint density at radius 1 is 1.47 bits per heavy atom. The molecule has 1 heterocycles. The Kier molecular flexibility index (Phi) is 3.59. The molecule has 0 spiro atoms. The van der Waals surface area contributed by atoms with Gasteiger partial charge in [-0.3, -0.25) is 0 Å². The Labute approximate surface area is 108 Å². The van der Waals surface area contributed by atoms with Gasteiger partial charge in [-0.05, 0) is 24.1 Å². The molecule has 0 saturated carbocycles. The van der Waals surface area contributed by atoms with Gasteiger partial charge in [0.2, 0.25) is 5.89 Å². The summed E-state index contributed by atoms with van der Waals surface area (Å²) in [5, 5.41) is 3.89. The third-order valence-corrected chi connectivity index (χ3v) is 3.50. The van der Waals surface area contributed by atoms with E-state index in [1.807, 2.05) is 32.0 Å². The molecule has 17 heavy (non-hydrogen) atoms. The number of nitrogens with two attached hydrogens (primary N) is 1. The number of nitrogens with zero attached hydrogens (tertiary/aromatic N) is 2. The summed E-state index contributed by atoms with van der Waals surface area (Å²) in [4.78, 5) is 4.24. The molecule has 90 valence electrons. The average molecular weight is 296 g/mol. The summed E-state index contributed by atoms with van der Waals surface area (Å²) >= 11 is 3.46. The van der Waals surface area contributed by atoms with Gasteiger partial charge in [0.25, 0.3) is 0 Å². The lowest BCUT2D eigenvalue weighted by Gasteiger charge is -2.09. The number of halogens is 1. The van der Waals surface area contributed by atoms with Crippen LogP contribution in [-0.2, 0) is 6.42 Å². The van der Waals surface area contributed by atoms with Gasteiger partial charge in [-0.15, -0.1) is 0 Å². The van der Waals surface area contributed by atoms with Crippen molar-refractivity contribution in [2.75, 3.05) is 0 Å². The zero-order valence-electron chi connectivity index (χ0n) is 9.77. The van der Waals surface area contributed by atoms with Crippen LogP contribution >= 0.6 is 15.9 Å². The molecule has 0 bridgehead atoms. The Balaban J connectivity index is 2.29. The number of hydrogen-bond donors (Lipinski definition) is 1. The molecule has 1 aromatic carbocycles. The van der Waals surface area contributed by atoms with E-state index in [2.05, 4.69) is 26.1 Å². The fraction of sp³-hybridized carbons (Fsp3) is 0.333. The molecule has 5 heteroatoms. The number of rotatable bonds is 3. The van der Waals surface area contributed by atoms with Crippen LogP contribution in [0, 0.1) is 6.92 Å². The Morgan fingerprint density at radius 2 is 2.24 bits per heavy atom. The van der Waals surface area contributed by atoms with Crippen molar-refractivity contribution in [2.24, 2.45) is 5.73 Å². The summed E-state index contributed by atoms with van der Waals surface area (Å²) in [6, 6.07) is 5.62. The van der Waals surface area contributed by atoms with E-state index in [1.54, 1.807) is 0 Å². The third kappa shape index (κ3) is 2.56. The van der Waals surface area contributed by atoms with Crippen molar-refractivity contribution >= 4 is 15.9 Å². The van der Waals surface area contributed by atoms with Crippen molar-refractivity contribution in [3.05, 3.63) is 45.5 Å². The van der Waals surface area contributed by atoms with Crippen molar-refractivity contribution < 1.29 is 4.52 Å². The van der Waals surface area contributed by atoms with E-state index in [-0.39, 0.29) is 6.04 Å². The van der Waals surface area contributed by atoms with E-state index in [4.69, 9.17) is 10.3 Å². The molecule has 0 aliphatic heterocycles. The fourth-order valence-electron chi connectivity index (χ4n) is 1.55. The smallest absolute Gasteiger partial charge is 0.226 e. The third-order valence-electron chi connectivity index (χ3n) is 2.61. The molecule has 0 radical (unpaired) electrons. The highest BCUT2D eigenvalue weighted by Gasteiger charge is 2.16. The highest BCUT2D eigenvalue weighted by Crippen LogP contribution is 2.23. The molecule has 0 aliphatic carbocycles. The van der Waals surface area contributed by atoms with Crippen LogP contribution in [0.3, 0.4) is 0 Å². The van der Waals surface area contributed by atoms with Gasteiger partial charge >= 0.3 is 0 Å². The second-order valence-corrected chi connectivity index (χ2v) is 4.74. The van der Waals surface area contributed by atoms with Crippen LogP contribution in [0.2, 0.25) is 0 Å². The molecule has 0 fully saturated rings. The Morgan fingerprint density at radius 3 is 2.82 bits per heavy atom. The van der Waals surface area contributed by atoms with E-state index in [1.165, 1.54) is 0 Å². The van der Waals surface area contributed by atoms with Crippen LogP contribution in [0.4, 0.5) is 0 Å². The fourth-order valence-corrected chi connectivity index (χ4v) is 1.80. The molecular formula is C12H14BrN3O. The SMILES string of the molecule is CCc1nc(C(N)c2ccc(Br)c(C)c2)no1. The maximum atomic E-state index is 6.10. The van der Waals surface area contributed by atoms with Crippen LogP contribution in [-0.4, -0.2) is 10.1 Å². The minimum absolute atomic E-state index is 0.342. The van der Waals surface area contributed by atoms with Crippen molar-refractivity contribution in [1.29, 1.82) is 0 Å². The number of benzene rings is 1. The van der Waals surface area contributed by atoms with Crippen molar-refractivity contribution in [2.45, 2.75) is 26.3 Å². The molecule has 2 N–H and O–H groups in total. The van der Waals surface area contributed by atoms with Gasteiger partial charge in [-0.25, -0.2) is 0 Å². The predicted octanol–water partition coefficient (Wildman–Crippen LogP) is 2.75. The average Bonchev–Trinajstić information content (AvgIpc) is 2.80. The van der Waals surface area contributed by atoms with Crippen molar-refractivity contribution in [1.82, 2.24) is 10.1 Å². The number of aryl methyl sites for hydroxylation is 2.